The fraction of sp³-hybridized carbons (Fsp3) is 0.0625. The van der Waals surface area contributed by atoms with E-state index in [1.54, 1.807) is 0 Å². The molecule has 12 aromatic rings. The van der Waals surface area contributed by atoms with E-state index >= 15 is 0 Å². The van der Waals surface area contributed by atoms with Crippen LogP contribution in [0.5, 0.6) is 0 Å². The SMILES string of the molecule is CC1(C)c2ccccc2-c2ccc(N(c3ccc4c(c3)oc3cc5c(cc34)oc3cccc(-c4ccccc4)c35)c3cccc4c3-c3ccccc3C43c4ccccc4-c4ccccc43)cc21. The highest BCUT2D eigenvalue weighted by Crippen LogP contribution is 2.65. The molecule has 314 valence electrons. The van der Waals surface area contributed by atoms with Gasteiger partial charge in [-0.3, -0.25) is 0 Å². The second kappa shape index (κ2) is 13.1. The van der Waals surface area contributed by atoms with Gasteiger partial charge < -0.3 is 13.7 Å². The van der Waals surface area contributed by atoms with Crippen LogP contribution >= 0.6 is 0 Å². The standard InChI is InChI=1S/C64H41NO2/c1-63(2)50-23-10-6-18-42(50)45-32-30-39(34-55(45)63)65(56-28-15-27-54-62(56)47-21-9-13-26-53(47)64(54)51-24-11-7-19-43(51)44-20-8-12-25-52(44)64)40-31-33-46-48-36-60-49(37-59(48)67-58(46)35-40)61-41(22-14-29-57(61)66-60)38-16-4-3-5-17-38/h3-37H,1-2H3. The quantitative estimate of drug-likeness (QED) is 0.177. The molecule has 0 atom stereocenters. The van der Waals surface area contributed by atoms with Gasteiger partial charge in [0.1, 0.15) is 22.3 Å². The van der Waals surface area contributed by atoms with Crippen LogP contribution in [0.25, 0.3) is 88.4 Å². The Kier molecular flexibility index (Phi) is 7.22. The Labute approximate surface area is 387 Å². The zero-order chi connectivity index (χ0) is 44.2. The van der Waals surface area contributed by atoms with Crippen molar-refractivity contribution in [2.45, 2.75) is 24.7 Å². The van der Waals surface area contributed by atoms with Crippen LogP contribution in [0.4, 0.5) is 17.1 Å². The van der Waals surface area contributed by atoms with Gasteiger partial charge in [-0.1, -0.05) is 172 Å². The predicted molar refractivity (Wildman–Crippen MR) is 275 cm³/mol. The summed E-state index contributed by atoms with van der Waals surface area (Å²) < 4.78 is 13.6. The minimum absolute atomic E-state index is 0.176. The van der Waals surface area contributed by atoms with Gasteiger partial charge in [0.05, 0.1) is 11.1 Å². The Balaban J connectivity index is 0.978. The number of nitrogens with zero attached hydrogens (tertiary/aromatic N) is 1. The Bertz CT molecular complexity index is 4040. The van der Waals surface area contributed by atoms with Crippen molar-refractivity contribution in [1.82, 2.24) is 0 Å². The highest BCUT2D eigenvalue weighted by Gasteiger charge is 2.52. The number of furan rings is 2. The number of fused-ring (bicyclic) bond motifs is 19. The molecule has 0 aliphatic heterocycles. The van der Waals surface area contributed by atoms with Crippen molar-refractivity contribution in [3.8, 4) is 44.5 Å². The van der Waals surface area contributed by atoms with Crippen molar-refractivity contribution < 1.29 is 8.83 Å². The molecule has 67 heavy (non-hydrogen) atoms. The average molecular weight is 856 g/mol. The molecule has 1 spiro atoms. The van der Waals surface area contributed by atoms with E-state index in [4.69, 9.17) is 8.83 Å². The largest absolute Gasteiger partial charge is 0.456 e. The zero-order valence-corrected chi connectivity index (χ0v) is 37.0. The molecule has 3 nitrogen and oxygen atoms in total. The van der Waals surface area contributed by atoms with Crippen LogP contribution in [0.3, 0.4) is 0 Å². The smallest absolute Gasteiger partial charge is 0.137 e. The number of benzene rings is 10. The van der Waals surface area contributed by atoms with Gasteiger partial charge in [-0.05, 0) is 121 Å². The Morgan fingerprint density at radius 1 is 0.343 bits per heavy atom. The van der Waals surface area contributed by atoms with Gasteiger partial charge >= 0.3 is 0 Å². The lowest BCUT2D eigenvalue weighted by Crippen LogP contribution is -2.26. The molecule has 3 heteroatoms. The van der Waals surface area contributed by atoms with Gasteiger partial charge in [0.25, 0.3) is 0 Å². The van der Waals surface area contributed by atoms with Gasteiger partial charge in [-0.2, -0.15) is 0 Å². The number of anilines is 3. The molecule has 10 aromatic carbocycles. The number of hydrogen-bond donors (Lipinski definition) is 0. The predicted octanol–water partition coefficient (Wildman–Crippen LogP) is 17.3. The summed E-state index contributed by atoms with van der Waals surface area (Å²) in [6.45, 7) is 4.73. The summed E-state index contributed by atoms with van der Waals surface area (Å²) in [5, 5.41) is 4.24. The molecule has 0 bridgehead atoms. The van der Waals surface area contributed by atoms with Crippen molar-refractivity contribution in [2.75, 3.05) is 4.90 Å². The van der Waals surface area contributed by atoms with E-state index in [0.29, 0.717) is 0 Å². The summed E-state index contributed by atoms with van der Waals surface area (Å²) in [4.78, 5) is 2.48. The molecular weight excluding hydrogens is 815 g/mol. The molecule has 0 radical (unpaired) electrons. The van der Waals surface area contributed by atoms with Crippen LogP contribution in [-0.2, 0) is 10.8 Å². The Hall–Kier alpha value is -8.40. The first-order valence-corrected chi connectivity index (χ1v) is 23.3. The summed E-state index contributed by atoms with van der Waals surface area (Å²) in [6.07, 6.45) is 0. The van der Waals surface area contributed by atoms with E-state index in [-0.39, 0.29) is 5.41 Å². The molecule has 3 aliphatic carbocycles. The van der Waals surface area contributed by atoms with Crippen LogP contribution < -0.4 is 4.90 Å². The number of rotatable bonds is 4. The third-order valence-corrected chi connectivity index (χ3v) is 15.5. The van der Waals surface area contributed by atoms with E-state index in [0.717, 1.165) is 72.1 Å². The van der Waals surface area contributed by atoms with Crippen molar-refractivity contribution in [2.24, 2.45) is 0 Å². The first-order valence-electron chi connectivity index (χ1n) is 23.3. The summed E-state index contributed by atoms with van der Waals surface area (Å²) in [6, 6.07) is 78.1. The molecule has 0 N–H and O–H groups in total. The molecule has 2 heterocycles. The molecule has 15 rings (SSSR count). The highest BCUT2D eigenvalue weighted by molar-refractivity contribution is 6.18. The van der Waals surface area contributed by atoms with E-state index in [1.165, 1.54) is 66.8 Å². The van der Waals surface area contributed by atoms with Gasteiger partial charge in [-0.25, -0.2) is 0 Å². The molecular formula is C64H41NO2. The van der Waals surface area contributed by atoms with Gasteiger partial charge in [0.2, 0.25) is 0 Å². The van der Waals surface area contributed by atoms with Crippen LogP contribution in [0.15, 0.2) is 221 Å². The third-order valence-electron chi connectivity index (χ3n) is 15.5. The van der Waals surface area contributed by atoms with Crippen molar-refractivity contribution >= 4 is 60.9 Å². The zero-order valence-electron chi connectivity index (χ0n) is 37.0. The minimum Gasteiger partial charge on any atom is -0.456 e. The van der Waals surface area contributed by atoms with Gasteiger partial charge in [-0.15, -0.1) is 0 Å². The summed E-state index contributed by atoms with van der Waals surface area (Å²) in [5.41, 5.74) is 24.0. The second-order valence-electron chi connectivity index (χ2n) is 19.1. The van der Waals surface area contributed by atoms with E-state index in [2.05, 4.69) is 231 Å². The lowest BCUT2D eigenvalue weighted by Gasteiger charge is -2.32. The van der Waals surface area contributed by atoms with E-state index in [1.807, 2.05) is 0 Å². The average Bonchev–Trinajstić information content (AvgIpc) is 4.14. The Morgan fingerprint density at radius 3 is 1.63 bits per heavy atom. The Morgan fingerprint density at radius 2 is 0.866 bits per heavy atom. The first kappa shape index (κ1) is 36.9. The monoisotopic (exact) mass is 855 g/mol. The molecule has 0 saturated heterocycles. The normalized spacial score (nSPS) is 14.4. The third kappa shape index (κ3) is 4.75. The lowest BCUT2D eigenvalue weighted by atomic mass is 9.70. The summed E-state index contributed by atoms with van der Waals surface area (Å²) in [5.74, 6) is 0. The first-order chi connectivity index (χ1) is 33.0. The van der Waals surface area contributed by atoms with Crippen LogP contribution in [-0.4, -0.2) is 0 Å². The topological polar surface area (TPSA) is 29.5 Å². The van der Waals surface area contributed by atoms with Crippen LogP contribution in [0, 0.1) is 0 Å². The summed E-state index contributed by atoms with van der Waals surface area (Å²) in [7, 11) is 0. The maximum atomic E-state index is 6.97. The van der Waals surface area contributed by atoms with Gasteiger partial charge in [0.15, 0.2) is 0 Å². The lowest BCUT2D eigenvalue weighted by molar-refractivity contribution is 0.660. The molecule has 0 fully saturated rings. The highest BCUT2D eigenvalue weighted by atomic mass is 16.3. The maximum Gasteiger partial charge on any atom is 0.137 e. The molecule has 0 amide bonds. The van der Waals surface area contributed by atoms with E-state index < -0.39 is 5.41 Å². The molecule has 0 saturated carbocycles. The fourth-order valence-corrected chi connectivity index (χ4v) is 12.7. The fourth-order valence-electron chi connectivity index (χ4n) is 12.7. The van der Waals surface area contributed by atoms with E-state index in [9.17, 15) is 0 Å². The van der Waals surface area contributed by atoms with Gasteiger partial charge in [0, 0.05) is 50.0 Å². The molecule has 2 aromatic heterocycles. The van der Waals surface area contributed by atoms with Crippen molar-refractivity contribution in [3.05, 3.63) is 246 Å². The van der Waals surface area contributed by atoms with Crippen LogP contribution in [0.1, 0.15) is 47.2 Å². The summed E-state index contributed by atoms with van der Waals surface area (Å²) >= 11 is 0. The molecule has 0 unspecified atom stereocenters. The second-order valence-corrected chi connectivity index (χ2v) is 19.1. The maximum absolute atomic E-state index is 6.97. The number of hydrogen-bond acceptors (Lipinski definition) is 3. The molecule has 3 aliphatic rings. The van der Waals surface area contributed by atoms with Crippen LogP contribution in [0.2, 0.25) is 0 Å². The minimum atomic E-state index is -0.466. The van der Waals surface area contributed by atoms with Crippen molar-refractivity contribution in [1.29, 1.82) is 0 Å². The van der Waals surface area contributed by atoms with Crippen molar-refractivity contribution in [3.63, 3.8) is 0 Å².